The summed E-state index contributed by atoms with van der Waals surface area (Å²) in [4.78, 5) is 23.9. The second-order valence-electron chi connectivity index (χ2n) is 3.83. The number of benzene rings is 2. The lowest BCUT2D eigenvalue weighted by Crippen LogP contribution is -2.19. The largest absolute Gasteiger partial charge is 0.288 e. The molecule has 0 heterocycles. The fourth-order valence-electron chi connectivity index (χ4n) is 1.62. The van der Waals surface area contributed by atoms with Crippen LogP contribution in [0.1, 0.15) is 21.3 Å². The summed E-state index contributed by atoms with van der Waals surface area (Å²) < 4.78 is 0. The lowest BCUT2D eigenvalue weighted by Gasteiger charge is -2.07. The lowest BCUT2D eigenvalue weighted by molar-refractivity contribution is -0.114. The van der Waals surface area contributed by atoms with Gasteiger partial charge >= 0.3 is 0 Å². The standard InChI is InChI=1S/C15H11ClO2/c16-13(11-7-3-1-4-8-11)15(18)14(17)12-9-5-2-6-10-12/h1-10,13H. The SMILES string of the molecule is O=C(C(=O)C(Cl)c1ccccc1)c1ccccc1. The van der Waals surface area contributed by atoms with Crippen molar-refractivity contribution in [2.75, 3.05) is 0 Å². The molecule has 3 heteroatoms. The second kappa shape index (κ2) is 5.61. The zero-order valence-electron chi connectivity index (χ0n) is 9.55. The first-order valence-electron chi connectivity index (χ1n) is 5.53. The molecule has 18 heavy (non-hydrogen) atoms. The van der Waals surface area contributed by atoms with Crippen molar-refractivity contribution in [3.8, 4) is 0 Å². The Morgan fingerprint density at radius 3 is 1.89 bits per heavy atom. The number of hydrogen-bond donors (Lipinski definition) is 0. The van der Waals surface area contributed by atoms with E-state index in [0.29, 0.717) is 11.1 Å². The van der Waals surface area contributed by atoms with Crippen LogP contribution in [-0.4, -0.2) is 11.6 Å². The predicted molar refractivity (Wildman–Crippen MR) is 70.8 cm³/mol. The zero-order valence-corrected chi connectivity index (χ0v) is 10.3. The Morgan fingerprint density at radius 1 is 0.833 bits per heavy atom. The summed E-state index contributed by atoms with van der Waals surface area (Å²) in [6, 6.07) is 17.3. The lowest BCUT2D eigenvalue weighted by atomic mass is 10.0. The van der Waals surface area contributed by atoms with Crippen LogP contribution in [0.4, 0.5) is 0 Å². The molecule has 2 aromatic carbocycles. The molecule has 90 valence electrons. The minimum atomic E-state index is -0.932. The Morgan fingerprint density at radius 2 is 1.33 bits per heavy atom. The minimum absolute atomic E-state index is 0.365. The Labute approximate surface area is 110 Å². The monoisotopic (exact) mass is 258 g/mol. The molecule has 0 spiro atoms. The van der Waals surface area contributed by atoms with Crippen molar-refractivity contribution in [2.45, 2.75) is 5.38 Å². The van der Waals surface area contributed by atoms with Crippen molar-refractivity contribution >= 4 is 23.2 Å². The molecule has 0 amide bonds. The van der Waals surface area contributed by atoms with E-state index >= 15 is 0 Å². The third-order valence-corrected chi connectivity index (χ3v) is 3.03. The van der Waals surface area contributed by atoms with Crippen molar-refractivity contribution in [1.29, 1.82) is 0 Å². The average Bonchev–Trinajstić information content (AvgIpc) is 2.47. The van der Waals surface area contributed by atoms with Gasteiger partial charge in [0.25, 0.3) is 0 Å². The van der Waals surface area contributed by atoms with Gasteiger partial charge in [0.15, 0.2) is 0 Å². The predicted octanol–water partition coefficient (Wildman–Crippen LogP) is 3.42. The van der Waals surface area contributed by atoms with Gasteiger partial charge in [-0.05, 0) is 5.56 Å². The third-order valence-electron chi connectivity index (χ3n) is 2.58. The number of ketones is 2. The van der Waals surface area contributed by atoms with Crippen LogP contribution in [0.2, 0.25) is 0 Å². The van der Waals surface area contributed by atoms with E-state index in [2.05, 4.69) is 0 Å². The van der Waals surface area contributed by atoms with Crippen LogP contribution in [0.3, 0.4) is 0 Å². The molecular formula is C15H11ClO2. The highest BCUT2D eigenvalue weighted by molar-refractivity contribution is 6.53. The number of rotatable bonds is 4. The maximum Gasteiger partial charge on any atom is 0.230 e. The molecule has 2 aromatic rings. The summed E-state index contributed by atoms with van der Waals surface area (Å²) >= 11 is 6.03. The van der Waals surface area contributed by atoms with Gasteiger partial charge in [-0.15, -0.1) is 11.6 Å². The molecule has 0 saturated heterocycles. The van der Waals surface area contributed by atoms with Crippen LogP contribution >= 0.6 is 11.6 Å². The van der Waals surface area contributed by atoms with Gasteiger partial charge in [-0.2, -0.15) is 0 Å². The van der Waals surface area contributed by atoms with E-state index < -0.39 is 16.9 Å². The number of carbonyl (C=O) groups excluding carboxylic acids is 2. The number of Topliss-reactive ketones (excluding diaryl/α,β-unsaturated/α-hetero) is 2. The summed E-state index contributed by atoms with van der Waals surface area (Å²) in [6.07, 6.45) is 0. The van der Waals surface area contributed by atoms with E-state index in [4.69, 9.17) is 11.6 Å². The molecule has 2 nitrogen and oxygen atoms in total. The highest BCUT2D eigenvalue weighted by atomic mass is 35.5. The van der Waals surface area contributed by atoms with E-state index in [1.165, 1.54) is 0 Å². The second-order valence-corrected chi connectivity index (χ2v) is 4.27. The molecule has 0 aliphatic carbocycles. The molecule has 1 atom stereocenters. The van der Waals surface area contributed by atoms with Crippen LogP contribution in [0.25, 0.3) is 0 Å². The van der Waals surface area contributed by atoms with E-state index in [-0.39, 0.29) is 0 Å². The van der Waals surface area contributed by atoms with Gasteiger partial charge in [0.2, 0.25) is 11.6 Å². The maximum absolute atomic E-state index is 12.0. The molecule has 0 N–H and O–H groups in total. The molecule has 0 aliphatic heterocycles. The Bertz CT molecular complexity index is 549. The minimum Gasteiger partial charge on any atom is -0.288 e. The van der Waals surface area contributed by atoms with Crippen LogP contribution in [0.5, 0.6) is 0 Å². The molecule has 0 fully saturated rings. The molecule has 0 radical (unpaired) electrons. The van der Waals surface area contributed by atoms with E-state index in [1.807, 2.05) is 6.07 Å². The highest BCUT2D eigenvalue weighted by Gasteiger charge is 2.25. The summed E-state index contributed by atoms with van der Waals surface area (Å²) in [5.41, 5.74) is 0.998. The fraction of sp³-hybridized carbons (Fsp3) is 0.0667. The maximum atomic E-state index is 12.0. The summed E-state index contributed by atoms with van der Waals surface area (Å²) in [6.45, 7) is 0. The zero-order chi connectivity index (χ0) is 13.0. The van der Waals surface area contributed by atoms with Crippen molar-refractivity contribution in [3.63, 3.8) is 0 Å². The third kappa shape index (κ3) is 2.66. The van der Waals surface area contributed by atoms with E-state index in [9.17, 15) is 9.59 Å². The Hall–Kier alpha value is -1.93. The van der Waals surface area contributed by atoms with Crippen LogP contribution in [0.15, 0.2) is 60.7 Å². The van der Waals surface area contributed by atoms with Crippen LogP contribution in [-0.2, 0) is 4.79 Å². The van der Waals surface area contributed by atoms with Gasteiger partial charge in [0.1, 0.15) is 5.38 Å². The van der Waals surface area contributed by atoms with E-state index in [0.717, 1.165) is 0 Å². The van der Waals surface area contributed by atoms with Gasteiger partial charge < -0.3 is 0 Å². The van der Waals surface area contributed by atoms with Gasteiger partial charge in [0, 0.05) is 5.56 Å². The number of carbonyl (C=O) groups is 2. The first-order chi connectivity index (χ1) is 8.70. The highest BCUT2D eigenvalue weighted by Crippen LogP contribution is 2.22. The van der Waals surface area contributed by atoms with E-state index in [1.54, 1.807) is 54.6 Å². The van der Waals surface area contributed by atoms with Gasteiger partial charge in [-0.25, -0.2) is 0 Å². The quantitative estimate of drug-likeness (QED) is 0.478. The molecule has 0 aromatic heterocycles. The normalized spacial score (nSPS) is 11.8. The first kappa shape index (κ1) is 12.5. The molecule has 0 bridgehead atoms. The number of halogens is 1. The molecule has 1 unspecified atom stereocenters. The van der Waals surface area contributed by atoms with Gasteiger partial charge in [-0.1, -0.05) is 60.7 Å². The van der Waals surface area contributed by atoms with Crippen LogP contribution < -0.4 is 0 Å². The van der Waals surface area contributed by atoms with Crippen molar-refractivity contribution in [3.05, 3.63) is 71.8 Å². The van der Waals surface area contributed by atoms with Crippen molar-refractivity contribution in [1.82, 2.24) is 0 Å². The first-order valence-corrected chi connectivity index (χ1v) is 5.96. The molecule has 2 rings (SSSR count). The van der Waals surface area contributed by atoms with Crippen molar-refractivity contribution < 1.29 is 9.59 Å². The summed E-state index contributed by atoms with van der Waals surface area (Å²) in [5, 5.41) is -0.932. The topological polar surface area (TPSA) is 34.1 Å². The summed E-state index contributed by atoms with van der Waals surface area (Å²) in [7, 11) is 0. The summed E-state index contributed by atoms with van der Waals surface area (Å²) in [5.74, 6) is -1.16. The Kier molecular flexibility index (Phi) is 3.90. The molecule has 0 saturated carbocycles. The fourth-order valence-corrected chi connectivity index (χ4v) is 1.86. The number of alkyl halides is 1. The smallest absolute Gasteiger partial charge is 0.230 e. The number of hydrogen-bond acceptors (Lipinski definition) is 2. The average molecular weight is 259 g/mol. The van der Waals surface area contributed by atoms with Crippen LogP contribution in [0, 0.1) is 0 Å². The van der Waals surface area contributed by atoms with Crippen molar-refractivity contribution in [2.24, 2.45) is 0 Å². The molecule has 0 aliphatic rings. The van der Waals surface area contributed by atoms with Gasteiger partial charge in [0.05, 0.1) is 0 Å². The Balaban J connectivity index is 2.20. The molecular weight excluding hydrogens is 248 g/mol. The van der Waals surface area contributed by atoms with Gasteiger partial charge in [-0.3, -0.25) is 9.59 Å².